The second-order valence-corrected chi connectivity index (χ2v) is 5.59. The van der Waals surface area contributed by atoms with Crippen LogP contribution >= 0.6 is 11.8 Å². The Morgan fingerprint density at radius 2 is 2.11 bits per heavy atom. The molecule has 0 atom stereocenters. The van der Waals surface area contributed by atoms with Gasteiger partial charge in [0.15, 0.2) is 0 Å². The van der Waals surface area contributed by atoms with Crippen LogP contribution in [0, 0.1) is 0 Å². The van der Waals surface area contributed by atoms with E-state index in [0.717, 1.165) is 36.0 Å². The number of ether oxygens (including phenoxy) is 1. The summed E-state index contributed by atoms with van der Waals surface area (Å²) in [6.07, 6.45) is 0. The van der Waals surface area contributed by atoms with Crippen molar-refractivity contribution >= 4 is 23.4 Å². The minimum Gasteiger partial charge on any atom is -0.492 e. The van der Waals surface area contributed by atoms with Crippen LogP contribution in [-0.2, 0) is 4.79 Å². The van der Waals surface area contributed by atoms with Crippen molar-refractivity contribution < 1.29 is 9.53 Å². The molecule has 0 aromatic heterocycles. The van der Waals surface area contributed by atoms with Crippen LogP contribution < -0.4 is 10.1 Å². The number of nitrogens with one attached hydrogen (secondary N) is 1. The largest absolute Gasteiger partial charge is 0.492 e. The van der Waals surface area contributed by atoms with E-state index < -0.39 is 0 Å². The maximum Gasteiger partial charge on any atom is 0.238 e. The fourth-order valence-corrected chi connectivity index (χ4v) is 2.98. The molecule has 19 heavy (non-hydrogen) atoms. The minimum atomic E-state index is 0.0269. The SMILES string of the molecule is CCOc1ccccc1NC(=O)CN1CCSCC1. The Bertz CT molecular complexity index is 420. The Morgan fingerprint density at radius 3 is 2.84 bits per heavy atom. The Kier molecular flexibility index (Phi) is 5.54. The molecule has 0 spiro atoms. The van der Waals surface area contributed by atoms with E-state index in [9.17, 15) is 4.79 Å². The molecule has 1 fully saturated rings. The number of carbonyl (C=O) groups is 1. The monoisotopic (exact) mass is 280 g/mol. The summed E-state index contributed by atoms with van der Waals surface area (Å²) in [7, 11) is 0. The molecule has 0 saturated carbocycles. The van der Waals surface area contributed by atoms with Gasteiger partial charge < -0.3 is 10.1 Å². The lowest BCUT2D eigenvalue weighted by Gasteiger charge is -2.25. The van der Waals surface area contributed by atoms with Gasteiger partial charge in [-0.3, -0.25) is 9.69 Å². The van der Waals surface area contributed by atoms with Crippen molar-refractivity contribution in [2.24, 2.45) is 0 Å². The number of rotatable bonds is 5. The minimum absolute atomic E-state index is 0.0269. The molecule has 1 aliphatic heterocycles. The van der Waals surface area contributed by atoms with Gasteiger partial charge in [-0.2, -0.15) is 11.8 Å². The van der Waals surface area contributed by atoms with Gasteiger partial charge >= 0.3 is 0 Å². The molecular weight excluding hydrogens is 260 g/mol. The third-order valence-corrected chi connectivity index (χ3v) is 3.87. The summed E-state index contributed by atoms with van der Waals surface area (Å²) in [6.45, 7) is 4.97. The van der Waals surface area contributed by atoms with Crippen molar-refractivity contribution in [2.45, 2.75) is 6.92 Å². The average molecular weight is 280 g/mol. The zero-order valence-corrected chi connectivity index (χ0v) is 12.0. The van der Waals surface area contributed by atoms with E-state index in [0.29, 0.717) is 13.2 Å². The molecule has 1 N–H and O–H groups in total. The number of para-hydroxylation sites is 2. The van der Waals surface area contributed by atoms with Crippen LogP contribution in [0.1, 0.15) is 6.92 Å². The second kappa shape index (κ2) is 7.40. The molecule has 1 saturated heterocycles. The lowest BCUT2D eigenvalue weighted by atomic mass is 10.3. The Balaban J connectivity index is 1.90. The summed E-state index contributed by atoms with van der Waals surface area (Å²) in [6, 6.07) is 7.55. The molecular formula is C14H20N2O2S. The number of benzene rings is 1. The quantitative estimate of drug-likeness (QED) is 0.896. The highest BCUT2D eigenvalue weighted by molar-refractivity contribution is 7.99. The molecule has 1 heterocycles. The van der Waals surface area contributed by atoms with Gasteiger partial charge in [0, 0.05) is 24.6 Å². The van der Waals surface area contributed by atoms with Crippen LogP contribution in [0.2, 0.25) is 0 Å². The molecule has 0 unspecified atom stereocenters. The molecule has 104 valence electrons. The molecule has 0 bridgehead atoms. The first kappa shape index (κ1) is 14.2. The van der Waals surface area contributed by atoms with Crippen molar-refractivity contribution in [1.29, 1.82) is 0 Å². The van der Waals surface area contributed by atoms with Crippen LogP contribution in [0.25, 0.3) is 0 Å². The van der Waals surface area contributed by atoms with E-state index in [1.807, 2.05) is 43.0 Å². The first-order chi connectivity index (χ1) is 9.29. The lowest BCUT2D eigenvalue weighted by molar-refractivity contribution is -0.117. The summed E-state index contributed by atoms with van der Waals surface area (Å²) in [5.74, 6) is 2.98. The fraction of sp³-hybridized carbons (Fsp3) is 0.500. The number of hydrogen-bond acceptors (Lipinski definition) is 4. The zero-order chi connectivity index (χ0) is 13.5. The third-order valence-electron chi connectivity index (χ3n) is 2.93. The van der Waals surface area contributed by atoms with Crippen molar-refractivity contribution in [3.05, 3.63) is 24.3 Å². The van der Waals surface area contributed by atoms with E-state index >= 15 is 0 Å². The summed E-state index contributed by atoms with van der Waals surface area (Å²) in [4.78, 5) is 14.2. The first-order valence-corrected chi connectivity index (χ1v) is 7.77. The highest BCUT2D eigenvalue weighted by atomic mass is 32.2. The van der Waals surface area contributed by atoms with Gasteiger partial charge in [-0.05, 0) is 19.1 Å². The van der Waals surface area contributed by atoms with E-state index in [1.165, 1.54) is 0 Å². The van der Waals surface area contributed by atoms with Gasteiger partial charge in [0.25, 0.3) is 0 Å². The number of thioether (sulfide) groups is 1. The van der Waals surface area contributed by atoms with Crippen molar-refractivity contribution in [2.75, 3.05) is 43.1 Å². The van der Waals surface area contributed by atoms with Gasteiger partial charge in [-0.15, -0.1) is 0 Å². The van der Waals surface area contributed by atoms with E-state index in [2.05, 4.69) is 10.2 Å². The van der Waals surface area contributed by atoms with Crippen LogP contribution in [0.15, 0.2) is 24.3 Å². The van der Waals surface area contributed by atoms with E-state index in [4.69, 9.17) is 4.74 Å². The van der Waals surface area contributed by atoms with Crippen LogP contribution in [-0.4, -0.2) is 48.6 Å². The zero-order valence-electron chi connectivity index (χ0n) is 11.2. The van der Waals surface area contributed by atoms with E-state index in [-0.39, 0.29) is 5.91 Å². The molecule has 5 heteroatoms. The number of anilines is 1. The molecule has 1 amide bonds. The van der Waals surface area contributed by atoms with E-state index in [1.54, 1.807) is 0 Å². The van der Waals surface area contributed by atoms with Crippen molar-refractivity contribution in [1.82, 2.24) is 4.90 Å². The maximum atomic E-state index is 12.0. The van der Waals surface area contributed by atoms with Crippen molar-refractivity contribution in [3.63, 3.8) is 0 Å². The summed E-state index contributed by atoms with van der Waals surface area (Å²) in [5.41, 5.74) is 0.751. The Labute approximate surface area is 118 Å². The smallest absolute Gasteiger partial charge is 0.238 e. The fourth-order valence-electron chi connectivity index (χ4n) is 2.00. The molecule has 1 aliphatic rings. The van der Waals surface area contributed by atoms with Crippen LogP contribution in [0.3, 0.4) is 0 Å². The summed E-state index contributed by atoms with van der Waals surface area (Å²) < 4.78 is 5.50. The molecule has 1 aromatic carbocycles. The van der Waals surface area contributed by atoms with Gasteiger partial charge in [-0.1, -0.05) is 12.1 Å². The number of nitrogens with zero attached hydrogens (tertiary/aromatic N) is 1. The lowest BCUT2D eigenvalue weighted by Crippen LogP contribution is -2.38. The molecule has 0 aliphatic carbocycles. The summed E-state index contributed by atoms with van der Waals surface area (Å²) in [5, 5.41) is 2.93. The Morgan fingerprint density at radius 1 is 1.37 bits per heavy atom. The van der Waals surface area contributed by atoms with Crippen LogP contribution in [0.5, 0.6) is 5.75 Å². The summed E-state index contributed by atoms with van der Waals surface area (Å²) >= 11 is 1.95. The molecule has 2 rings (SSSR count). The predicted molar refractivity (Wildman–Crippen MR) is 80.0 cm³/mol. The van der Waals surface area contributed by atoms with Gasteiger partial charge in [0.2, 0.25) is 5.91 Å². The van der Waals surface area contributed by atoms with Gasteiger partial charge in [0.1, 0.15) is 5.75 Å². The molecule has 0 radical (unpaired) electrons. The average Bonchev–Trinajstić information content (AvgIpc) is 2.42. The van der Waals surface area contributed by atoms with Gasteiger partial charge in [-0.25, -0.2) is 0 Å². The highest BCUT2D eigenvalue weighted by Gasteiger charge is 2.15. The van der Waals surface area contributed by atoms with Crippen molar-refractivity contribution in [3.8, 4) is 5.75 Å². The first-order valence-electron chi connectivity index (χ1n) is 6.61. The number of amides is 1. The third kappa shape index (κ3) is 4.44. The topological polar surface area (TPSA) is 41.6 Å². The standard InChI is InChI=1S/C14H20N2O2S/c1-2-18-13-6-4-3-5-12(13)15-14(17)11-16-7-9-19-10-8-16/h3-6H,2,7-11H2,1H3,(H,15,17). The second-order valence-electron chi connectivity index (χ2n) is 4.37. The maximum absolute atomic E-state index is 12.0. The molecule has 1 aromatic rings. The highest BCUT2D eigenvalue weighted by Crippen LogP contribution is 2.23. The number of carbonyl (C=O) groups excluding carboxylic acids is 1. The van der Waals surface area contributed by atoms with Gasteiger partial charge in [0.05, 0.1) is 18.8 Å². The molecule has 4 nitrogen and oxygen atoms in total. The normalized spacial score (nSPS) is 16.1. The Hall–Kier alpha value is -1.20. The predicted octanol–water partition coefficient (Wildman–Crippen LogP) is 2.07. The van der Waals surface area contributed by atoms with Crippen LogP contribution in [0.4, 0.5) is 5.69 Å². The number of hydrogen-bond donors (Lipinski definition) is 1.